The molecule has 0 amide bonds. The van der Waals surface area contributed by atoms with Crippen molar-refractivity contribution in [3.63, 3.8) is 0 Å². The zero-order chi connectivity index (χ0) is 63.1. The molecule has 1 aliphatic heterocycles. The van der Waals surface area contributed by atoms with E-state index in [1.807, 2.05) is 0 Å². The summed E-state index contributed by atoms with van der Waals surface area (Å²) in [6, 6.07) is 0. The molecular formula is C75H132O12. The van der Waals surface area contributed by atoms with E-state index in [2.05, 4.69) is 81.5 Å². The fourth-order valence-corrected chi connectivity index (χ4v) is 11.1. The highest BCUT2D eigenvalue weighted by Gasteiger charge is 2.50. The predicted octanol–water partition coefficient (Wildman–Crippen LogP) is 20.2. The number of carbonyl (C=O) groups is 4. The van der Waals surface area contributed by atoms with Crippen molar-refractivity contribution in [2.24, 2.45) is 0 Å². The zero-order valence-corrected chi connectivity index (χ0v) is 56.0. The van der Waals surface area contributed by atoms with Crippen LogP contribution in [0.15, 0.2) is 60.8 Å². The third-order valence-electron chi connectivity index (χ3n) is 16.6. The van der Waals surface area contributed by atoms with Crippen LogP contribution in [0, 0.1) is 0 Å². The third kappa shape index (κ3) is 51.8. The van der Waals surface area contributed by atoms with Crippen LogP contribution < -0.4 is 0 Å². The summed E-state index contributed by atoms with van der Waals surface area (Å²) in [5, 5.41) is 31.7. The van der Waals surface area contributed by atoms with Crippen LogP contribution in [0.5, 0.6) is 0 Å². The molecule has 87 heavy (non-hydrogen) atoms. The predicted molar refractivity (Wildman–Crippen MR) is 359 cm³/mol. The molecule has 0 aromatic heterocycles. The molecular weight excluding hydrogens is 1090 g/mol. The van der Waals surface area contributed by atoms with E-state index in [9.17, 15) is 34.5 Å². The summed E-state index contributed by atoms with van der Waals surface area (Å²) in [6.07, 6.45) is 67.4. The van der Waals surface area contributed by atoms with Crippen molar-refractivity contribution in [2.45, 2.75) is 379 Å². The van der Waals surface area contributed by atoms with Gasteiger partial charge in [0.25, 0.3) is 0 Å². The van der Waals surface area contributed by atoms with Crippen molar-refractivity contribution in [3.05, 3.63) is 60.8 Å². The molecule has 0 aromatic rings. The van der Waals surface area contributed by atoms with Gasteiger partial charge in [0.05, 0.1) is 6.61 Å². The number of aliphatic hydroxyl groups excluding tert-OH is 2. The summed E-state index contributed by atoms with van der Waals surface area (Å²) >= 11 is 0. The topological polar surface area (TPSA) is 175 Å². The van der Waals surface area contributed by atoms with Crippen molar-refractivity contribution in [1.29, 1.82) is 0 Å². The van der Waals surface area contributed by atoms with Gasteiger partial charge in [-0.3, -0.25) is 14.4 Å². The van der Waals surface area contributed by atoms with Gasteiger partial charge >= 0.3 is 23.9 Å². The molecule has 0 saturated carbocycles. The summed E-state index contributed by atoms with van der Waals surface area (Å²) in [4.78, 5) is 51.6. The Labute approximate surface area is 532 Å². The van der Waals surface area contributed by atoms with Gasteiger partial charge in [-0.2, -0.15) is 0 Å². The number of carbonyl (C=O) groups excluding carboxylic acids is 3. The second-order valence-electron chi connectivity index (χ2n) is 24.9. The lowest BCUT2D eigenvalue weighted by Gasteiger charge is -2.40. The average molecular weight is 1230 g/mol. The first-order valence-corrected chi connectivity index (χ1v) is 36.3. The maximum absolute atomic E-state index is 13.3. The van der Waals surface area contributed by atoms with Crippen LogP contribution in [-0.2, 0) is 42.9 Å². The Kier molecular flexibility index (Phi) is 58.6. The Balaban J connectivity index is 2.62. The molecule has 12 nitrogen and oxygen atoms in total. The maximum Gasteiger partial charge on any atom is 0.335 e. The quantitative estimate of drug-likeness (QED) is 0.0228. The van der Waals surface area contributed by atoms with Crippen LogP contribution in [0.1, 0.15) is 342 Å². The SMILES string of the molecule is CC/C=C\C/C=C\C/C=C\C/C=C\CCCCCCCCC(=O)OC1C(OCC(COC(=O)CCCCCCCCCCC/C=C\CCCCCCCC)OC(=O)CCCCCCCCCCCCCCCCCCCCC)OC(C(=O)O)C(O)C1O. The van der Waals surface area contributed by atoms with Gasteiger partial charge < -0.3 is 39.0 Å². The van der Waals surface area contributed by atoms with E-state index < -0.39 is 67.3 Å². The Morgan fingerprint density at radius 2 is 0.724 bits per heavy atom. The van der Waals surface area contributed by atoms with E-state index >= 15 is 0 Å². The van der Waals surface area contributed by atoms with E-state index in [-0.39, 0.29) is 25.9 Å². The zero-order valence-electron chi connectivity index (χ0n) is 56.0. The highest BCUT2D eigenvalue weighted by molar-refractivity contribution is 5.74. The smallest absolute Gasteiger partial charge is 0.335 e. The molecule has 1 rings (SSSR count). The fourth-order valence-electron chi connectivity index (χ4n) is 11.1. The van der Waals surface area contributed by atoms with Crippen molar-refractivity contribution >= 4 is 23.9 Å². The number of carboxylic acids is 1. The summed E-state index contributed by atoms with van der Waals surface area (Å²) in [5.41, 5.74) is 0. The van der Waals surface area contributed by atoms with Gasteiger partial charge in [0, 0.05) is 19.3 Å². The van der Waals surface area contributed by atoms with Crippen LogP contribution >= 0.6 is 0 Å². The van der Waals surface area contributed by atoms with E-state index in [1.165, 1.54) is 180 Å². The number of carboxylic acid groups (broad SMARTS) is 1. The fraction of sp³-hybridized carbons (Fsp3) is 0.813. The van der Waals surface area contributed by atoms with Crippen molar-refractivity contribution < 1.29 is 58.2 Å². The van der Waals surface area contributed by atoms with Gasteiger partial charge in [-0.25, -0.2) is 4.79 Å². The number of rotatable bonds is 63. The van der Waals surface area contributed by atoms with Gasteiger partial charge in [-0.15, -0.1) is 0 Å². The minimum absolute atomic E-state index is 0.0453. The monoisotopic (exact) mass is 1220 g/mol. The Morgan fingerprint density at radius 3 is 1.11 bits per heavy atom. The lowest BCUT2D eigenvalue weighted by atomic mass is 9.98. The Bertz CT molecular complexity index is 1740. The molecule has 6 atom stereocenters. The molecule has 0 bridgehead atoms. The second-order valence-corrected chi connectivity index (χ2v) is 24.9. The minimum atomic E-state index is -1.91. The highest BCUT2D eigenvalue weighted by atomic mass is 16.7. The summed E-state index contributed by atoms with van der Waals surface area (Å²) in [6.45, 7) is 5.94. The highest BCUT2D eigenvalue weighted by Crippen LogP contribution is 2.27. The molecule has 0 spiro atoms. The normalized spacial score (nSPS) is 17.6. The van der Waals surface area contributed by atoms with Crippen molar-refractivity contribution in [2.75, 3.05) is 13.2 Å². The summed E-state index contributed by atoms with van der Waals surface area (Å²) in [5.74, 6) is -3.11. The number of ether oxygens (including phenoxy) is 5. The largest absolute Gasteiger partial charge is 0.479 e. The van der Waals surface area contributed by atoms with Crippen LogP contribution in [0.3, 0.4) is 0 Å². The third-order valence-corrected chi connectivity index (χ3v) is 16.6. The minimum Gasteiger partial charge on any atom is -0.479 e. The first-order chi connectivity index (χ1) is 42.6. The van der Waals surface area contributed by atoms with E-state index in [1.54, 1.807) is 0 Å². The Hall–Kier alpha value is -3.58. The number of aliphatic carboxylic acids is 1. The molecule has 3 N–H and O–H groups in total. The molecule has 12 heteroatoms. The number of unbranched alkanes of at least 4 members (excludes halogenated alkanes) is 39. The van der Waals surface area contributed by atoms with Gasteiger partial charge in [0.2, 0.25) is 0 Å². The van der Waals surface area contributed by atoms with Crippen LogP contribution in [0.4, 0.5) is 0 Å². The number of hydrogen-bond acceptors (Lipinski definition) is 11. The first kappa shape index (κ1) is 81.4. The molecule has 1 aliphatic rings. The van der Waals surface area contributed by atoms with Gasteiger partial charge in [-0.1, -0.05) is 300 Å². The number of allylic oxidation sites excluding steroid dienone is 10. The van der Waals surface area contributed by atoms with E-state index in [4.69, 9.17) is 23.7 Å². The van der Waals surface area contributed by atoms with E-state index in [0.717, 1.165) is 103 Å². The molecule has 1 heterocycles. The molecule has 1 fully saturated rings. The number of hydrogen-bond donors (Lipinski definition) is 3. The molecule has 1 saturated heterocycles. The van der Waals surface area contributed by atoms with Gasteiger partial charge in [0.1, 0.15) is 18.8 Å². The van der Waals surface area contributed by atoms with Gasteiger partial charge in [0.15, 0.2) is 24.6 Å². The molecule has 0 radical (unpaired) electrons. The van der Waals surface area contributed by atoms with Crippen molar-refractivity contribution in [3.8, 4) is 0 Å². The first-order valence-electron chi connectivity index (χ1n) is 36.3. The molecule has 504 valence electrons. The van der Waals surface area contributed by atoms with Crippen LogP contribution in [0.25, 0.3) is 0 Å². The maximum atomic E-state index is 13.3. The summed E-state index contributed by atoms with van der Waals surface area (Å²) in [7, 11) is 0. The van der Waals surface area contributed by atoms with E-state index in [0.29, 0.717) is 19.3 Å². The summed E-state index contributed by atoms with van der Waals surface area (Å²) < 4.78 is 28.7. The molecule has 0 aromatic carbocycles. The Morgan fingerprint density at radius 1 is 0.391 bits per heavy atom. The van der Waals surface area contributed by atoms with Crippen LogP contribution in [-0.4, -0.2) is 89.2 Å². The molecule has 0 aliphatic carbocycles. The second kappa shape index (κ2) is 62.6. The van der Waals surface area contributed by atoms with Crippen LogP contribution in [0.2, 0.25) is 0 Å². The number of aliphatic hydroxyl groups is 2. The standard InChI is InChI=1S/C75H132O12/c1-4-7-10-13-16-19-22-25-28-31-34-37-40-43-46-49-52-55-58-61-67(76)83-64-66(85-68(77)62-59-56-53-50-47-44-41-38-35-32-29-26-23-20-17-14-11-8-5-2)65-84-75-73(71(80)70(79)72(87-75)74(81)82)86-69(78)63-60-57-54-51-48-45-42-39-36-33-30-27-24-21-18-15-12-9-6-3/h9,12,18,21,25,27-28,30,36,39,66,70-73,75,79-80H,4-8,10-11,13-17,19-20,22-24,26,29,31-35,37-38,40-65H2,1-3H3,(H,81,82)/b12-9-,21-18-,28-25-,30-27-,39-36-. The lowest BCUT2D eigenvalue weighted by molar-refractivity contribution is -0.301. The van der Waals surface area contributed by atoms with Crippen molar-refractivity contribution in [1.82, 2.24) is 0 Å². The average Bonchev–Trinajstić information content (AvgIpc) is 2.60. The number of esters is 3. The van der Waals surface area contributed by atoms with Gasteiger partial charge in [-0.05, 0) is 83.5 Å². The lowest BCUT2D eigenvalue weighted by Crippen LogP contribution is -2.61. The molecule has 6 unspecified atom stereocenters.